The Balaban J connectivity index is 2.85. The minimum Gasteiger partial charge on any atom is -0.493 e. The number of amides is 1. The minimum absolute atomic E-state index is 0.0320. The molecule has 0 fully saturated rings. The summed E-state index contributed by atoms with van der Waals surface area (Å²) in [6.07, 6.45) is -0.981. The van der Waals surface area contributed by atoms with Gasteiger partial charge in [-0.2, -0.15) is 0 Å². The molecule has 0 aromatic heterocycles. The van der Waals surface area contributed by atoms with Crippen LogP contribution in [0.4, 0.5) is 0 Å². The Morgan fingerprint density at radius 3 is 2.67 bits per heavy atom. The highest BCUT2D eigenvalue weighted by Crippen LogP contribution is 2.30. The van der Waals surface area contributed by atoms with Gasteiger partial charge in [-0.1, -0.05) is 6.07 Å². The van der Waals surface area contributed by atoms with Gasteiger partial charge in [-0.3, -0.25) is 4.79 Å². The highest BCUT2D eigenvalue weighted by Gasteiger charge is 2.16. The predicted octanol–water partition coefficient (Wildman–Crippen LogP) is -0.213. The van der Waals surface area contributed by atoms with Crippen molar-refractivity contribution in [2.45, 2.75) is 6.10 Å². The lowest BCUT2D eigenvalue weighted by Crippen LogP contribution is -2.34. The van der Waals surface area contributed by atoms with E-state index in [-0.39, 0.29) is 6.54 Å². The number of methoxy groups -OCH3 is 2. The number of hydrogen-bond acceptors (Lipinski definition) is 5. The smallest absolute Gasteiger partial charge is 0.255 e. The summed E-state index contributed by atoms with van der Waals surface area (Å²) in [6.45, 7) is -0.439. The van der Waals surface area contributed by atoms with E-state index in [1.165, 1.54) is 14.2 Å². The quantitative estimate of drug-likeness (QED) is 0.654. The van der Waals surface area contributed by atoms with E-state index in [0.29, 0.717) is 17.1 Å². The van der Waals surface area contributed by atoms with Gasteiger partial charge in [0.1, 0.15) is 0 Å². The van der Waals surface area contributed by atoms with Crippen LogP contribution in [0.3, 0.4) is 0 Å². The lowest BCUT2D eigenvalue weighted by atomic mass is 10.1. The molecule has 0 radical (unpaired) electrons. The molecule has 3 N–H and O–H groups in total. The summed E-state index contributed by atoms with van der Waals surface area (Å²) in [7, 11) is 2.92. The summed E-state index contributed by atoms with van der Waals surface area (Å²) < 4.78 is 10.2. The van der Waals surface area contributed by atoms with E-state index in [2.05, 4.69) is 5.32 Å². The standard InChI is InChI=1S/C12H17NO5/c1-17-10-5-3-4-9(11(10)18-2)12(16)13-6-8(15)7-14/h3-5,8,14-15H,6-7H2,1-2H3,(H,13,16). The number of carbonyl (C=O) groups is 1. The molecule has 1 aromatic carbocycles. The van der Waals surface area contributed by atoms with E-state index in [1.54, 1.807) is 18.2 Å². The first-order valence-electron chi connectivity index (χ1n) is 5.42. The summed E-state index contributed by atoms with van der Waals surface area (Å²) in [5, 5.41) is 20.3. The van der Waals surface area contributed by atoms with Crippen molar-refractivity contribution < 1.29 is 24.5 Å². The number of rotatable bonds is 6. The first-order chi connectivity index (χ1) is 8.63. The molecule has 6 nitrogen and oxygen atoms in total. The van der Waals surface area contributed by atoms with Crippen molar-refractivity contribution in [2.75, 3.05) is 27.4 Å². The van der Waals surface area contributed by atoms with Gasteiger partial charge in [0.25, 0.3) is 5.91 Å². The summed E-state index contributed by atoms with van der Waals surface area (Å²) in [5.74, 6) is 0.377. The van der Waals surface area contributed by atoms with Crippen LogP contribution in [-0.4, -0.2) is 49.6 Å². The number of hydrogen-bond donors (Lipinski definition) is 3. The van der Waals surface area contributed by atoms with E-state index in [0.717, 1.165) is 0 Å². The second-order valence-electron chi connectivity index (χ2n) is 3.59. The van der Waals surface area contributed by atoms with E-state index in [1.807, 2.05) is 0 Å². The van der Waals surface area contributed by atoms with Crippen molar-refractivity contribution in [1.82, 2.24) is 5.32 Å². The van der Waals surface area contributed by atoms with Crippen molar-refractivity contribution in [3.8, 4) is 11.5 Å². The Kier molecular flexibility index (Phi) is 5.41. The van der Waals surface area contributed by atoms with Crippen molar-refractivity contribution in [2.24, 2.45) is 0 Å². The van der Waals surface area contributed by atoms with Crippen LogP contribution in [0.15, 0.2) is 18.2 Å². The molecule has 1 unspecified atom stereocenters. The zero-order chi connectivity index (χ0) is 13.5. The average Bonchev–Trinajstić information content (AvgIpc) is 2.42. The molecule has 0 heterocycles. The van der Waals surface area contributed by atoms with E-state index >= 15 is 0 Å². The van der Waals surface area contributed by atoms with E-state index < -0.39 is 18.6 Å². The molecular formula is C12H17NO5. The zero-order valence-electron chi connectivity index (χ0n) is 10.3. The Morgan fingerprint density at radius 2 is 2.11 bits per heavy atom. The van der Waals surface area contributed by atoms with Gasteiger partial charge < -0.3 is 25.0 Å². The molecule has 1 atom stereocenters. The summed E-state index contributed by atoms with van der Waals surface area (Å²) >= 11 is 0. The Labute approximate surface area is 105 Å². The average molecular weight is 255 g/mol. The van der Waals surface area contributed by atoms with Gasteiger partial charge in [-0.05, 0) is 12.1 Å². The molecule has 6 heteroatoms. The van der Waals surface area contributed by atoms with Crippen LogP contribution in [-0.2, 0) is 0 Å². The van der Waals surface area contributed by atoms with Crippen LogP contribution in [0.2, 0.25) is 0 Å². The minimum atomic E-state index is -0.981. The molecular weight excluding hydrogens is 238 g/mol. The number of carbonyl (C=O) groups excluding carboxylic acids is 1. The number of benzene rings is 1. The Bertz CT molecular complexity index is 407. The normalized spacial score (nSPS) is 11.8. The van der Waals surface area contributed by atoms with Crippen molar-refractivity contribution in [1.29, 1.82) is 0 Å². The van der Waals surface area contributed by atoms with Crippen molar-refractivity contribution >= 4 is 5.91 Å². The third kappa shape index (κ3) is 3.35. The fourth-order valence-corrected chi connectivity index (χ4v) is 1.44. The van der Waals surface area contributed by atoms with Gasteiger partial charge >= 0.3 is 0 Å². The molecule has 0 aliphatic heterocycles. The maximum Gasteiger partial charge on any atom is 0.255 e. The molecule has 1 aromatic rings. The van der Waals surface area contributed by atoms with Gasteiger partial charge in [-0.15, -0.1) is 0 Å². The fraction of sp³-hybridized carbons (Fsp3) is 0.417. The topological polar surface area (TPSA) is 88.0 Å². The maximum atomic E-state index is 11.9. The SMILES string of the molecule is COc1cccc(C(=O)NCC(O)CO)c1OC. The molecule has 1 amide bonds. The molecule has 0 aliphatic carbocycles. The Morgan fingerprint density at radius 1 is 1.39 bits per heavy atom. The highest BCUT2D eigenvalue weighted by molar-refractivity contribution is 5.97. The predicted molar refractivity (Wildman–Crippen MR) is 65.0 cm³/mol. The largest absolute Gasteiger partial charge is 0.493 e. The summed E-state index contributed by atoms with van der Waals surface area (Å²) in [6, 6.07) is 4.93. The zero-order valence-corrected chi connectivity index (χ0v) is 10.3. The number of aliphatic hydroxyl groups excluding tert-OH is 2. The van der Waals surface area contributed by atoms with Gasteiger partial charge in [0, 0.05) is 6.54 Å². The van der Waals surface area contributed by atoms with Gasteiger partial charge in [0.15, 0.2) is 11.5 Å². The van der Waals surface area contributed by atoms with E-state index in [9.17, 15) is 4.79 Å². The molecule has 0 spiro atoms. The van der Waals surface area contributed by atoms with Gasteiger partial charge in [0.2, 0.25) is 0 Å². The van der Waals surface area contributed by atoms with Crippen LogP contribution in [0.5, 0.6) is 11.5 Å². The lowest BCUT2D eigenvalue weighted by molar-refractivity contribution is 0.0799. The van der Waals surface area contributed by atoms with Crippen LogP contribution in [0, 0.1) is 0 Å². The van der Waals surface area contributed by atoms with Crippen LogP contribution in [0.1, 0.15) is 10.4 Å². The lowest BCUT2D eigenvalue weighted by Gasteiger charge is -2.13. The van der Waals surface area contributed by atoms with Crippen LogP contribution in [0.25, 0.3) is 0 Å². The number of ether oxygens (including phenoxy) is 2. The summed E-state index contributed by atoms with van der Waals surface area (Å²) in [4.78, 5) is 11.9. The molecule has 0 saturated heterocycles. The highest BCUT2D eigenvalue weighted by atomic mass is 16.5. The molecule has 0 aliphatic rings. The van der Waals surface area contributed by atoms with Gasteiger partial charge in [-0.25, -0.2) is 0 Å². The Hall–Kier alpha value is -1.79. The fourth-order valence-electron chi connectivity index (χ4n) is 1.44. The number of nitrogens with one attached hydrogen (secondary N) is 1. The third-order valence-electron chi connectivity index (χ3n) is 2.36. The molecule has 0 saturated carbocycles. The second-order valence-corrected chi connectivity index (χ2v) is 3.59. The van der Waals surface area contributed by atoms with Gasteiger partial charge in [0.05, 0.1) is 32.5 Å². The van der Waals surface area contributed by atoms with Crippen LogP contribution >= 0.6 is 0 Å². The van der Waals surface area contributed by atoms with Crippen molar-refractivity contribution in [3.05, 3.63) is 23.8 Å². The van der Waals surface area contributed by atoms with Crippen LogP contribution < -0.4 is 14.8 Å². The second kappa shape index (κ2) is 6.83. The summed E-state index contributed by atoms with van der Waals surface area (Å²) in [5.41, 5.74) is 0.307. The molecule has 18 heavy (non-hydrogen) atoms. The monoisotopic (exact) mass is 255 g/mol. The number of para-hydroxylation sites is 1. The molecule has 100 valence electrons. The molecule has 1 rings (SSSR count). The maximum absolute atomic E-state index is 11.9. The number of aliphatic hydroxyl groups is 2. The molecule has 0 bridgehead atoms. The first kappa shape index (κ1) is 14.3. The van der Waals surface area contributed by atoms with E-state index in [4.69, 9.17) is 19.7 Å². The first-order valence-corrected chi connectivity index (χ1v) is 5.42. The third-order valence-corrected chi connectivity index (χ3v) is 2.36. The van der Waals surface area contributed by atoms with Crippen molar-refractivity contribution in [3.63, 3.8) is 0 Å².